The number of nitrogens with zero attached hydrogens (tertiary/aromatic N) is 2. The average Bonchev–Trinajstić information content (AvgIpc) is 3.52. The number of para-hydroxylation sites is 2. The molecular weight excluding hydrogens is 574 g/mol. The molecule has 2 amide bonds. The van der Waals surface area contributed by atoms with Crippen LogP contribution in [-0.2, 0) is 22.7 Å². The number of sulfone groups is 1. The highest BCUT2D eigenvalue weighted by Gasteiger charge is 2.31. The highest BCUT2D eigenvalue weighted by molar-refractivity contribution is 7.92. The number of nitrogens with one attached hydrogen (secondary N) is 1. The Labute approximate surface area is 248 Å². The van der Waals surface area contributed by atoms with Gasteiger partial charge in [0.1, 0.15) is 11.5 Å². The van der Waals surface area contributed by atoms with Crippen molar-refractivity contribution in [3.8, 4) is 10.4 Å². The van der Waals surface area contributed by atoms with Crippen molar-refractivity contribution in [1.82, 2.24) is 4.98 Å². The van der Waals surface area contributed by atoms with Crippen LogP contribution in [0.3, 0.4) is 0 Å². The van der Waals surface area contributed by atoms with Crippen molar-refractivity contribution >= 4 is 44.4 Å². The molecule has 42 heavy (non-hydrogen) atoms. The van der Waals surface area contributed by atoms with Crippen molar-refractivity contribution in [2.45, 2.75) is 44.3 Å². The van der Waals surface area contributed by atoms with Gasteiger partial charge in [0.05, 0.1) is 27.3 Å². The minimum Gasteiger partial charge on any atom is -0.319 e. The first-order chi connectivity index (χ1) is 20.2. The standard InChI is InChI=1S/C32H30FN3O4S2/c1-20-7-4-11-25(33)29(20)35-31(37)28-19-21-16-17-36(27-13-3-2-10-24(27)30(21)41-28)32(38)26-12-5-8-22(34-26)14-15-23-9-6-18-42(23,39)40/h2-5,7-8,10-13,19,23H,6,9,14-18H2,1H3,(H,35,37). The fraction of sp³-hybridized carbons (Fsp3) is 0.281. The Kier molecular flexibility index (Phi) is 7.67. The molecule has 6 rings (SSSR count). The molecule has 216 valence electrons. The van der Waals surface area contributed by atoms with Gasteiger partial charge in [-0.25, -0.2) is 17.8 Å². The molecule has 2 aliphatic heterocycles. The Hall–Kier alpha value is -3.89. The van der Waals surface area contributed by atoms with Crippen LogP contribution in [0.1, 0.15) is 56.2 Å². The lowest BCUT2D eigenvalue weighted by Gasteiger charge is -2.23. The summed E-state index contributed by atoms with van der Waals surface area (Å²) in [6.07, 6.45) is 2.91. The number of rotatable bonds is 6. The normalized spacial score (nSPS) is 17.3. The molecular formula is C32H30FN3O4S2. The quantitative estimate of drug-likeness (QED) is 0.282. The van der Waals surface area contributed by atoms with Crippen LogP contribution in [0.4, 0.5) is 15.8 Å². The number of benzene rings is 2. The van der Waals surface area contributed by atoms with Gasteiger partial charge in [0.25, 0.3) is 11.8 Å². The summed E-state index contributed by atoms with van der Waals surface area (Å²) in [6.45, 7) is 2.13. The largest absolute Gasteiger partial charge is 0.319 e. The fourth-order valence-corrected chi connectivity index (χ4v) is 8.80. The van der Waals surface area contributed by atoms with Gasteiger partial charge >= 0.3 is 0 Å². The molecule has 0 radical (unpaired) electrons. The van der Waals surface area contributed by atoms with Crippen LogP contribution in [0.2, 0.25) is 0 Å². The number of aromatic nitrogens is 1. The van der Waals surface area contributed by atoms with Gasteiger partial charge in [-0.15, -0.1) is 11.3 Å². The number of carbonyl (C=O) groups is 2. The van der Waals surface area contributed by atoms with Gasteiger partial charge in [0, 0.05) is 22.7 Å². The number of anilines is 2. The second-order valence-corrected chi connectivity index (χ2v) is 14.2. The van der Waals surface area contributed by atoms with E-state index >= 15 is 0 Å². The second kappa shape index (κ2) is 11.4. The van der Waals surface area contributed by atoms with Crippen molar-refractivity contribution in [3.63, 3.8) is 0 Å². The summed E-state index contributed by atoms with van der Waals surface area (Å²) in [5, 5.41) is 2.38. The lowest BCUT2D eigenvalue weighted by molar-refractivity contribution is 0.0981. The Morgan fingerprint density at radius 2 is 1.90 bits per heavy atom. The third-order valence-corrected chi connectivity index (χ3v) is 11.5. The van der Waals surface area contributed by atoms with Crippen LogP contribution >= 0.6 is 11.3 Å². The number of pyridine rings is 1. The number of thiophene rings is 1. The molecule has 0 spiro atoms. The summed E-state index contributed by atoms with van der Waals surface area (Å²) in [4.78, 5) is 34.6. The highest BCUT2D eigenvalue weighted by atomic mass is 32.2. The monoisotopic (exact) mass is 603 g/mol. The summed E-state index contributed by atoms with van der Waals surface area (Å²) < 4.78 is 38.8. The number of aryl methyl sites for hydroxylation is 2. The number of carbonyl (C=O) groups excluding carboxylic acids is 2. The van der Waals surface area contributed by atoms with Gasteiger partial charge in [0.15, 0.2) is 9.84 Å². The van der Waals surface area contributed by atoms with Gasteiger partial charge in [-0.1, -0.05) is 36.4 Å². The maximum atomic E-state index is 14.4. The minimum absolute atomic E-state index is 0.169. The van der Waals surface area contributed by atoms with Gasteiger partial charge in [-0.2, -0.15) is 0 Å². The number of fused-ring (bicyclic) bond motifs is 3. The molecule has 1 N–H and O–H groups in total. The van der Waals surface area contributed by atoms with Crippen molar-refractivity contribution in [2.24, 2.45) is 0 Å². The first kappa shape index (κ1) is 28.2. The molecule has 4 heterocycles. The van der Waals surface area contributed by atoms with E-state index in [4.69, 9.17) is 0 Å². The number of hydrogen-bond donors (Lipinski definition) is 1. The predicted molar refractivity (Wildman–Crippen MR) is 164 cm³/mol. The molecule has 1 saturated heterocycles. The van der Waals surface area contributed by atoms with E-state index in [0.29, 0.717) is 60.5 Å². The number of hydrogen-bond acceptors (Lipinski definition) is 6. The molecule has 2 aromatic heterocycles. The summed E-state index contributed by atoms with van der Waals surface area (Å²) >= 11 is 1.32. The Balaban J connectivity index is 1.24. The van der Waals surface area contributed by atoms with E-state index in [2.05, 4.69) is 10.3 Å². The first-order valence-electron chi connectivity index (χ1n) is 14.0. The van der Waals surface area contributed by atoms with Crippen molar-refractivity contribution in [2.75, 3.05) is 22.5 Å². The molecule has 1 atom stereocenters. The van der Waals surface area contributed by atoms with Crippen LogP contribution < -0.4 is 10.2 Å². The van der Waals surface area contributed by atoms with E-state index in [9.17, 15) is 22.4 Å². The molecule has 4 aromatic rings. The smallest absolute Gasteiger partial charge is 0.276 e. The molecule has 0 saturated carbocycles. The Morgan fingerprint density at radius 3 is 2.69 bits per heavy atom. The lowest BCUT2D eigenvalue weighted by Crippen LogP contribution is -2.33. The maximum absolute atomic E-state index is 14.4. The zero-order valence-electron chi connectivity index (χ0n) is 23.1. The van der Waals surface area contributed by atoms with E-state index in [1.807, 2.05) is 36.4 Å². The van der Waals surface area contributed by atoms with Crippen molar-refractivity contribution in [1.29, 1.82) is 0 Å². The SMILES string of the molecule is Cc1cccc(F)c1NC(=O)c1cc2c(s1)-c1ccccc1N(C(=O)c1cccc(CCC3CCCS3(=O)=O)n1)CC2. The van der Waals surface area contributed by atoms with E-state index in [-0.39, 0.29) is 28.5 Å². The predicted octanol–water partition coefficient (Wildman–Crippen LogP) is 6.22. The van der Waals surface area contributed by atoms with Gasteiger partial charge < -0.3 is 10.2 Å². The van der Waals surface area contributed by atoms with E-state index in [1.54, 1.807) is 36.1 Å². The molecule has 0 aliphatic carbocycles. The summed E-state index contributed by atoms with van der Waals surface area (Å²) in [5.41, 5.74) is 4.33. The Morgan fingerprint density at radius 1 is 1.10 bits per heavy atom. The zero-order valence-corrected chi connectivity index (χ0v) is 24.7. The number of halogens is 1. The highest BCUT2D eigenvalue weighted by Crippen LogP contribution is 2.42. The van der Waals surface area contributed by atoms with Crippen LogP contribution in [-0.4, -0.2) is 42.8 Å². The molecule has 7 nitrogen and oxygen atoms in total. The summed E-state index contributed by atoms with van der Waals surface area (Å²) in [7, 11) is -3.03. The van der Waals surface area contributed by atoms with Crippen LogP contribution in [0.25, 0.3) is 10.4 Å². The zero-order chi connectivity index (χ0) is 29.4. The third-order valence-electron chi connectivity index (χ3n) is 7.99. The van der Waals surface area contributed by atoms with E-state index < -0.39 is 15.7 Å². The Bertz CT molecular complexity index is 1780. The molecule has 2 aliphatic rings. The minimum atomic E-state index is -3.03. The third kappa shape index (κ3) is 5.48. The molecule has 0 bridgehead atoms. The summed E-state index contributed by atoms with van der Waals surface area (Å²) in [5.74, 6) is -0.845. The lowest BCUT2D eigenvalue weighted by atomic mass is 10.1. The summed E-state index contributed by atoms with van der Waals surface area (Å²) in [6, 6.07) is 19.4. The van der Waals surface area contributed by atoms with Crippen molar-refractivity contribution in [3.05, 3.63) is 99.9 Å². The van der Waals surface area contributed by atoms with Crippen LogP contribution in [0, 0.1) is 12.7 Å². The second-order valence-electron chi connectivity index (χ2n) is 10.8. The van der Waals surface area contributed by atoms with Gasteiger partial charge in [-0.05, 0) is 80.5 Å². The molecule has 2 aromatic carbocycles. The van der Waals surface area contributed by atoms with Gasteiger partial charge in [-0.3, -0.25) is 9.59 Å². The molecule has 1 unspecified atom stereocenters. The van der Waals surface area contributed by atoms with E-state index in [0.717, 1.165) is 21.7 Å². The molecule has 10 heteroatoms. The van der Waals surface area contributed by atoms with Crippen molar-refractivity contribution < 1.29 is 22.4 Å². The average molecular weight is 604 g/mol. The van der Waals surface area contributed by atoms with E-state index in [1.165, 1.54) is 17.4 Å². The molecule has 1 fully saturated rings. The number of amides is 2. The maximum Gasteiger partial charge on any atom is 0.276 e. The fourth-order valence-electron chi connectivity index (χ4n) is 5.75. The van der Waals surface area contributed by atoms with Crippen LogP contribution in [0.5, 0.6) is 0 Å². The topological polar surface area (TPSA) is 96.4 Å². The van der Waals surface area contributed by atoms with Gasteiger partial charge in [0.2, 0.25) is 0 Å². The first-order valence-corrected chi connectivity index (χ1v) is 16.5. The van der Waals surface area contributed by atoms with Crippen LogP contribution in [0.15, 0.2) is 66.7 Å².